The number of halogens is 3. The average molecular weight is 429 g/mol. The summed E-state index contributed by atoms with van der Waals surface area (Å²) in [5.74, 6) is 0.178. The van der Waals surface area contributed by atoms with Crippen LogP contribution in [0.15, 0.2) is 61.1 Å². The van der Waals surface area contributed by atoms with Gasteiger partial charge in [0.1, 0.15) is 23.5 Å². The van der Waals surface area contributed by atoms with Crippen molar-refractivity contribution in [3.8, 4) is 22.8 Å². The third kappa shape index (κ3) is 4.37. The highest BCUT2D eigenvalue weighted by molar-refractivity contribution is 5.81. The predicted octanol–water partition coefficient (Wildman–Crippen LogP) is 4.87. The number of hydrogen-bond acceptors (Lipinski definition) is 6. The number of nitrogens with one attached hydrogen (secondary N) is 1. The van der Waals surface area contributed by atoms with Gasteiger partial charge in [0, 0.05) is 11.6 Å². The molecular weight excluding hydrogens is 411 g/mol. The van der Waals surface area contributed by atoms with E-state index in [-0.39, 0.29) is 23.0 Å². The molecule has 0 aliphatic heterocycles. The second-order valence-electron chi connectivity index (χ2n) is 6.71. The normalized spacial score (nSPS) is 12.5. The van der Waals surface area contributed by atoms with Crippen molar-refractivity contribution in [3.05, 3.63) is 66.6 Å². The van der Waals surface area contributed by atoms with Crippen LogP contribution < -0.4 is 14.8 Å². The summed E-state index contributed by atoms with van der Waals surface area (Å²) in [6.07, 6.45) is -1.86. The largest absolute Gasteiger partial charge is 0.573 e. The molecule has 4 rings (SSSR count). The van der Waals surface area contributed by atoms with Crippen molar-refractivity contribution >= 4 is 11.5 Å². The number of hydrogen-bond donors (Lipinski definition) is 1. The molecule has 1 N–H and O–H groups in total. The van der Waals surface area contributed by atoms with Crippen molar-refractivity contribution in [2.75, 3.05) is 12.4 Å². The summed E-state index contributed by atoms with van der Waals surface area (Å²) in [7, 11) is 1.36. The standard InChI is InChI=1S/C21H18F3N5O2/c1-13(14-6-4-3-5-7-14)26-20-28-27-19(17-11-25-12-29(17)20)16-9-8-15(30-2)10-18(16)31-21(22,23)24/h3-13H,1-2H3,(H,26,28). The fraction of sp³-hybridized carbons (Fsp3) is 0.190. The molecule has 0 aliphatic rings. The van der Waals surface area contributed by atoms with Gasteiger partial charge in [0.05, 0.1) is 24.9 Å². The zero-order valence-corrected chi connectivity index (χ0v) is 16.6. The Hall–Kier alpha value is -3.82. The van der Waals surface area contributed by atoms with E-state index in [1.54, 1.807) is 4.40 Å². The van der Waals surface area contributed by atoms with Crippen molar-refractivity contribution in [2.45, 2.75) is 19.3 Å². The first-order valence-electron chi connectivity index (χ1n) is 9.30. The maximum Gasteiger partial charge on any atom is 0.573 e. The fourth-order valence-corrected chi connectivity index (χ4v) is 3.18. The third-order valence-electron chi connectivity index (χ3n) is 4.67. The SMILES string of the molecule is COc1ccc(-c2nnc(NC(C)c3ccccc3)n3cncc23)c(OC(F)(F)F)c1. The highest BCUT2D eigenvalue weighted by Crippen LogP contribution is 2.37. The molecule has 2 aromatic carbocycles. The van der Waals surface area contributed by atoms with Crippen LogP contribution in [0.25, 0.3) is 16.8 Å². The van der Waals surface area contributed by atoms with Crippen LogP contribution in [0, 0.1) is 0 Å². The Morgan fingerprint density at radius 2 is 1.84 bits per heavy atom. The van der Waals surface area contributed by atoms with Crippen molar-refractivity contribution in [1.29, 1.82) is 0 Å². The summed E-state index contributed by atoms with van der Waals surface area (Å²) in [6.45, 7) is 1.96. The number of fused-ring (bicyclic) bond motifs is 1. The molecule has 0 bridgehead atoms. The van der Waals surface area contributed by atoms with Gasteiger partial charge in [-0.1, -0.05) is 30.3 Å². The average Bonchev–Trinajstić information content (AvgIpc) is 3.24. The minimum Gasteiger partial charge on any atom is -0.497 e. The van der Waals surface area contributed by atoms with E-state index >= 15 is 0 Å². The van der Waals surface area contributed by atoms with E-state index in [4.69, 9.17) is 4.74 Å². The van der Waals surface area contributed by atoms with E-state index < -0.39 is 12.1 Å². The number of nitrogens with zero attached hydrogens (tertiary/aromatic N) is 4. The van der Waals surface area contributed by atoms with Crippen LogP contribution >= 0.6 is 0 Å². The summed E-state index contributed by atoms with van der Waals surface area (Å²) < 4.78 is 49.8. The van der Waals surface area contributed by atoms with Crippen LogP contribution in [0.5, 0.6) is 11.5 Å². The Bertz CT molecular complexity index is 1190. The molecular formula is C21H18F3N5O2. The van der Waals surface area contributed by atoms with Crippen LogP contribution in [-0.4, -0.2) is 33.1 Å². The second kappa shape index (κ2) is 8.13. The van der Waals surface area contributed by atoms with Gasteiger partial charge < -0.3 is 14.8 Å². The maximum absolute atomic E-state index is 13.0. The smallest absolute Gasteiger partial charge is 0.497 e. The Morgan fingerprint density at radius 1 is 1.06 bits per heavy atom. The second-order valence-corrected chi connectivity index (χ2v) is 6.71. The molecule has 0 saturated carbocycles. The number of aromatic nitrogens is 4. The van der Waals surface area contributed by atoms with Gasteiger partial charge in [-0.2, -0.15) is 0 Å². The molecule has 160 valence electrons. The van der Waals surface area contributed by atoms with Crippen LogP contribution in [0.3, 0.4) is 0 Å². The van der Waals surface area contributed by atoms with Gasteiger partial charge in [-0.15, -0.1) is 23.4 Å². The minimum absolute atomic E-state index is 0.0861. The van der Waals surface area contributed by atoms with E-state index in [1.165, 1.54) is 31.8 Å². The Morgan fingerprint density at radius 3 is 2.55 bits per heavy atom. The molecule has 0 fully saturated rings. The summed E-state index contributed by atoms with van der Waals surface area (Å²) >= 11 is 0. The van der Waals surface area contributed by atoms with Crippen LogP contribution in [0.2, 0.25) is 0 Å². The Balaban J connectivity index is 1.76. The molecule has 0 saturated heterocycles. The Labute approximate surface area is 175 Å². The zero-order valence-electron chi connectivity index (χ0n) is 16.6. The molecule has 31 heavy (non-hydrogen) atoms. The molecule has 10 heteroatoms. The molecule has 0 radical (unpaired) electrons. The molecule has 2 heterocycles. The number of methoxy groups -OCH3 is 1. The molecule has 0 aliphatic carbocycles. The lowest BCUT2D eigenvalue weighted by Crippen LogP contribution is -2.18. The number of anilines is 1. The lowest BCUT2D eigenvalue weighted by Gasteiger charge is -2.17. The first-order valence-corrected chi connectivity index (χ1v) is 9.30. The van der Waals surface area contributed by atoms with Crippen molar-refractivity contribution in [2.24, 2.45) is 0 Å². The quantitative estimate of drug-likeness (QED) is 0.471. The summed E-state index contributed by atoms with van der Waals surface area (Å²) in [5, 5.41) is 11.6. The molecule has 0 spiro atoms. The number of ether oxygens (including phenoxy) is 2. The summed E-state index contributed by atoms with van der Waals surface area (Å²) in [6, 6.07) is 13.8. The highest BCUT2D eigenvalue weighted by Gasteiger charge is 2.33. The number of imidazole rings is 1. The molecule has 1 atom stereocenters. The van der Waals surface area contributed by atoms with Crippen LogP contribution in [0.1, 0.15) is 18.5 Å². The van der Waals surface area contributed by atoms with E-state index in [0.717, 1.165) is 11.6 Å². The van der Waals surface area contributed by atoms with Gasteiger partial charge in [0.2, 0.25) is 5.95 Å². The van der Waals surface area contributed by atoms with Crippen molar-refractivity contribution in [1.82, 2.24) is 19.6 Å². The lowest BCUT2D eigenvalue weighted by atomic mass is 10.1. The van der Waals surface area contributed by atoms with Gasteiger partial charge in [0.15, 0.2) is 0 Å². The topological polar surface area (TPSA) is 73.6 Å². The van der Waals surface area contributed by atoms with E-state index in [1.807, 2.05) is 37.3 Å². The van der Waals surface area contributed by atoms with E-state index in [2.05, 4.69) is 25.2 Å². The van der Waals surface area contributed by atoms with Crippen molar-refractivity contribution < 1.29 is 22.6 Å². The molecule has 2 aromatic heterocycles. The van der Waals surface area contributed by atoms with Gasteiger partial charge in [-0.05, 0) is 24.6 Å². The van der Waals surface area contributed by atoms with Crippen molar-refractivity contribution in [3.63, 3.8) is 0 Å². The molecule has 4 aromatic rings. The molecule has 7 nitrogen and oxygen atoms in total. The molecule has 1 unspecified atom stereocenters. The zero-order chi connectivity index (χ0) is 22.0. The first-order chi connectivity index (χ1) is 14.9. The van der Waals surface area contributed by atoms with Gasteiger partial charge >= 0.3 is 6.36 Å². The van der Waals surface area contributed by atoms with Gasteiger partial charge in [-0.25, -0.2) is 4.98 Å². The van der Waals surface area contributed by atoms with Crippen LogP contribution in [0.4, 0.5) is 19.1 Å². The van der Waals surface area contributed by atoms with Crippen LogP contribution in [-0.2, 0) is 0 Å². The molecule has 0 amide bonds. The highest BCUT2D eigenvalue weighted by atomic mass is 19.4. The summed E-state index contributed by atoms with van der Waals surface area (Å²) in [5.41, 5.74) is 1.81. The number of benzene rings is 2. The lowest BCUT2D eigenvalue weighted by molar-refractivity contribution is -0.274. The van der Waals surface area contributed by atoms with Gasteiger partial charge in [-0.3, -0.25) is 4.40 Å². The third-order valence-corrected chi connectivity index (χ3v) is 4.67. The first kappa shape index (κ1) is 20.5. The van der Waals surface area contributed by atoms with E-state index in [0.29, 0.717) is 11.5 Å². The maximum atomic E-state index is 13.0. The number of alkyl halides is 3. The number of rotatable bonds is 6. The monoisotopic (exact) mass is 429 g/mol. The minimum atomic E-state index is -4.88. The van der Waals surface area contributed by atoms with E-state index in [9.17, 15) is 13.2 Å². The fourth-order valence-electron chi connectivity index (χ4n) is 3.18. The Kier molecular flexibility index (Phi) is 5.37. The van der Waals surface area contributed by atoms with Gasteiger partial charge in [0.25, 0.3) is 0 Å². The predicted molar refractivity (Wildman–Crippen MR) is 108 cm³/mol. The summed E-state index contributed by atoms with van der Waals surface area (Å²) in [4.78, 5) is 4.12.